The van der Waals surface area contributed by atoms with Crippen LogP contribution in [0.5, 0.6) is 0 Å². The molecule has 0 aromatic heterocycles. The predicted octanol–water partition coefficient (Wildman–Crippen LogP) is 3.99. The molecule has 3 N–H and O–H groups in total. The summed E-state index contributed by atoms with van der Waals surface area (Å²) < 4.78 is 0. The molecule has 25 heavy (non-hydrogen) atoms. The molecule has 0 aliphatic carbocycles. The fourth-order valence-electron chi connectivity index (χ4n) is 3.26. The molecule has 2 aromatic rings. The Labute approximate surface area is 150 Å². The van der Waals surface area contributed by atoms with Gasteiger partial charge in [0.15, 0.2) is 5.96 Å². The van der Waals surface area contributed by atoms with E-state index in [4.69, 9.17) is 5.73 Å². The van der Waals surface area contributed by atoms with E-state index >= 15 is 0 Å². The number of nitrogens with two attached hydrogens (primary N) is 1. The van der Waals surface area contributed by atoms with Crippen LogP contribution in [0.3, 0.4) is 0 Å². The summed E-state index contributed by atoms with van der Waals surface area (Å²) in [5.74, 6) is 0.448. The number of likely N-dealkylation sites (tertiary alicyclic amines) is 1. The maximum Gasteiger partial charge on any atom is 0.193 e. The molecule has 1 aliphatic heterocycles. The van der Waals surface area contributed by atoms with Crippen LogP contribution < -0.4 is 11.1 Å². The number of nitrogens with one attached hydrogen (secondary N) is 1. The standard InChI is InChI=1S/C21H28N4/c22-21(24-20-11-4-3-5-12-20)23-16-18-9-8-10-19(15-18)17-25-13-6-1-2-7-14-25/h3-5,8-12,15H,1-2,6-7,13-14,16-17H2,(H3,22,23,24). The number of nitrogens with zero attached hydrogens (tertiary/aromatic N) is 2. The lowest BCUT2D eigenvalue weighted by molar-refractivity contribution is 0.277. The Hall–Kier alpha value is -2.33. The van der Waals surface area contributed by atoms with Crippen molar-refractivity contribution in [2.24, 2.45) is 10.7 Å². The van der Waals surface area contributed by atoms with Crippen molar-refractivity contribution in [3.05, 3.63) is 65.7 Å². The first-order valence-corrected chi connectivity index (χ1v) is 9.22. The Morgan fingerprint density at radius 3 is 2.40 bits per heavy atom. The van der Waals surface area contributed by atoms with E-state index in [2.05, 4.69) is 39.5 Å². The minimum absolute atomic E-state index is 0.448. The van der Waals surface area contributed by atoms with Gasteiger partial charge in [0.2, 0.25) is 0 Å². The smallest absolute Gasteiger partial charge is 0.193 e. The van der Waals surface area contributed by atoms with Gasteiger partial charge < -0.3 is 11.1 Å². The zero-order chi connectivity index (χ0) is 17.3. The van der Waals surface area contributed by atoms with Gasteiger partial charge in [-0.25, -0.2) is 4.99 Å². The normalized spacial score (nSPS) is 16.4. The van der Waals surface area contributed by atoms with E-state index in [1.54, 1.807) is 0 Å². The quantitative estimate of drug-likeness (QED) is 0.641. The second-order valence-corrected chi connectivity index (χ2v) is 6.70. The van der Waals surface area contributed by atoms with E-state index in [-0.39, 0.29) is 0 Å². The van der Waals surface area contributed by atoms with Crippen LogP contribution in [0, 0.1) is 0 Å². The maximum atomic E-state index is 5.99. The monoisotopic (exact) mass is 336 g/mol. The van der Waals surface area contributed by atoms with E-state index in [0.29, 0.717) is 12.5 Å². The van der Waals surface area contributed by atoms with Gasteiger partial charge in [0.05, 0.1) is 6.54 Å². The summed E-state index contributed by atoms with van der Waals surface area (Å²) in [6, 6.07) is 18.6. The van der Waals surface area contributed by atoms with Crippen LogP contribution in [0.2, 0.25) is 0 Å². The maximum absolute atomic E-state index is 5.99. The third-order valence-corrected chi connectivity index (χ3v) is 4.57. The molecule has 0 unspecified atom stereocenters. The number of hydrogen-bond acceptors (Lipinski definition) is 2. The third-order valence-electron chi connectivity index (χ3n) is 4.57. The second-order valence-electron chi connectivity index (χ2n) is 6.70. The van der Waals surface area contributed by atoms with Crippen molar-refractivity contribution in [2.45, 2.75) is 38.8 Å². The van der Waals surface area contributed by atoms with Crippen LogP contribution in [0.25, 0.3) is 0 Å². The minimum atomic E-state index is 0.448. The Kier molecular flexibility index (Phi) is 6.46. The summed E-state index contributed by atoms with van der Waals surface area (Å²) in [6.07, 6.45) is 5.40. The van der Waals surface area contributed by atoms with Crippen molar-refractivity contribution in [3.63, 3.8) is 0 Å². The molecule has 0 atom stereocenters. The number of anilines is 1. The Bertz CT molecular complexity index is 673. The SMILES string of the molecule is NC(=NCc1cccc(CN2CCCCCC2)c1)Nc1ccccc1. The average molecular weight is 336 g/mol. The first-order valence-electron chi connectivity index (χ1n) is 9.22. The molecule has 2 aromatic carbocycles. The van der Waals surface area contributed by atoms with Gasteiger partial charge in [-0.05, 0) is 49.2 Å². The fourth-order valence-corrected chi connectivity index (χ4v) is 3.26. The summed E-state index contributed by atoms with van der Waals surface area (Å²) in [5, 5.41) is 3.12. The summed E-state index contributed by atoms with van der Waals surface area (Å²) in [5.41, 5.74) is 9.51. The van der Waals surface area contributed by atoms with Crippen LogP contribution in [0.1, 0.15) is 36.8 Å². The number of hydrogen-bond donors (Lipinski definition) is 2. The van der Waals surface area contributed by atoms with E-state index in [1.165, 1.54) is 49.9 Å². The van der Waals surface area contributed by atoms with Crippen LogP contribution in [0.4, 0.5) is 5.69 Å². The first-order chi connectivity index (χ1) is 12.3. The molecule has 1 fully saturated rings. The van der Waals surface area contributed by atoms with Gasteiger partial charge in [-0.15, -0.1) is 0 Å². The number of aliphatic imine (C=N–C) groups is 1. The highest BCUT2D eigenvalue weighted by Gasteiger charge is 2.09. The molecule has 4 heteroatoms. The van der Waals surface area contributed by atoms with Gasteiger partial charge >= 0.3 is 0 Å². The van der Waals surface area contributed by atoms with E-state index in [9.17, 15) is 0 Å². The Morgan fingerprint density at radius 1 is 0.920 bits per heavy atom. The van der Waals surface area contributed by atoms with Crippen molar-refractivity contribution in [1.82, 2.24) is 4.90 Å². The zero-order valence-corrected chi connectivity index (χ0v) is 14.8. The second kappa shape index (κ2) is 9.23. The molecule has 132 valence electrons. The lowest BCUT2D eigenvalue weighted by Gasteiger charge is -2.20. The fraction of sp³-hybridized carbons (Fsp3) is 0.381. The van der Waals surface area contributed by atoms with E-state index in [0.717, 1.165) is 12.2 Å². The molecule has 1 aliphatic rings. The molecule has 0 spiro atoms. The summed E-state index contributed by atoms with van der Waals surface area (Å²) in [7, 11) is 0. The van der Waals surface area contributed by atoms with Crippen molar-refractivity contribution in [2.75, 3.05) is 18.4 Å². The number of rotatable bonds is 5. The van der Waals surface area contributed by atoms with E-state index < -0.39 is 0 Å². The molecule has 0 amide bonds. The first kappa shape index (κ1) is 17.5. The van der Waals surface area contributed by atoms with Gasteiger partial charge in [0.1, 0.15) is 0 Å². The Morgan fingerprint density at radius 2 is 1.64 bits per heavy atom. The van der Waals surface area contributed by atoms with E-state index in [1.807, 2.05) is 30.3 Å². The largest absolute Gasteiger partial charge is 0.370 e. The van der Waals surface area contributed by atoms with Crippen LogP contribution in [-0.2, 0) is 13.1 Å². The molecular weight excluding hydrogens is 308 g/mol. The summed E-state index contributed by atoms with van der Waals surface area (Å²) >= 11 is 0. The number of benzene rings is 2. The third kappa shape index (κ3) is 5.91. The topological polar surface area (TPSA) is 53.6 Å². The van der Waals surface area contributed by atoms with Crippen LogP contribution in [0.15, 0.2) is 59.6 Å². The molecule has 4 nitrogen and oxygen atoms in total. The molecule has 3 rings (SSSR count). The van der Waals surface area contributed by atoms with Crippen LogP contribution in [-0.4, -0.2) is 23.9 Å². The van der Waals surface area contributed by atoms with Gasteiger partial charge in [0, 0.05) is 12.2 Å². The highest BCUT2D eigenvalue weighted by molar-refractivity contribution is 5.92. The lowest BCUT2D eigenvalue weighted by atomic mass is 10.1. The molecule has 0 radical (unpaired) electrons. The molecule has 1 saturated heterocycles. The van der Waals surface area contributed by atoms with Crippen molar-refractivity contribution < 1.29 is 0 Å². The Balaban J connectivity index is 1.56. The average Bonchev–Trinajstić information content (AvgIpc) is 2.90. The van der Waals surface area contributed by atoms with Gasteiger partial charge in [-0.2, -0.15) is 0 Å². The molecule has 0 bridgehead atoms. The highest BCUT2D eigenvalue weighted by atomic mass is 15.1. The lowest BCUT2D eigenvalue weighted by Crippen LogP contribution is -2.24. The minimum Gasteiger partial charge on any atom is -0.370 e. The molecular formula is C21H28N4. The zero-order valence-electron chi connectivity index (χ0n) is 14.8. The number of guanidine groups is 1. The van der Waals surface area contributed by atoms with Crippen molar-refractivity contribution in [1.29, 1.82) is 0 Å². The highest BCUT2D eigenvalue weighted by Crippen LogP contribution is 2.14. The predicted molar refractivity (Wildman–Crippen MR) is 106 cm³/mol. The van der Waals surface area contributed by atoms with Gasteiger partial charge in [-0.3, -0.25) is 4.90 Å². The summed E-state index contributed by atoms with van der Waals surface area (Å²) in [6.45, 7) is 4.07. The molecule has 0 saturated carbocycles. The number of para-hydroxylation sites is 1. The van der Waals surface area contributed by atoms with Crippen molar-refractivity contribution >= 4 is 11.6 Å². The van der Waals surface area contributed by atoms with Crippen molar-refractivity contribution in [3.8, 4) is 0 Å². The molecule has 1 heterocycles. The van der Waals surface area contributed by atoms with Gasteiger partial charge in [0.25, 0.3) is 0 Å². The summed E-state index contributed by atoms with van der Waals surface area (Å²) in [4.78, 5) is 7.03. The van der Waals surface area contributed by atoms with Crippen LogP contribution >= 0.6 is 0 Å². The van der Waals surface area contributed by atoms with Gasteiger partial charge in [-0.1, -0.05) is 55.3 Å².